The molecule has 2 fully saturated rings. The van der Waals surface area contributed by atoms with Gasteiger partial charge in [0.1, 0.15) is 0 Å². The zero-order valence-electron chi connectivity index (χ0n) is 8.93. The SMILES string of the molecule is N#CCCN(C(=O)C1CC1C(=O)O)C1CC1. The molecule has 0 aromatic rings. The molecule has 0 saturated heterocycles. The fourth-order valence-electron chi connectivity index (χ4n) is 1.98. The number of aliphatic carboxylic acids is 1. The summed E-state index contributed by atoms with van der Waals surface area (Å²) in [4.78, 5) is 24.3. The van der Waals surface area contributed by atoms with E-state index in [2.05, 4.69) is 0 Å². The van der Waals surface area contributed by atoms with E-state index in [0.717, 1.165) is 12.8 Å². The lowest BCUT2D eigenvalue weighted by atomic mass is 10.2. The Hall–Kier alpha value is -1.57. The van der Waals surface area contributed by atoms with Gasteiger partial charge in [0.25, 0.3) is 0 Å². The Morgan fingerprint density at radius 3 is 2.50 bits per heavy atom. The van der Waals surface area contributed by atoms with Crippen molar-refractivity contribution < 1.29 is 14.7 Å². The summed E-state index contributed by atoms with van der Waals surface area (Å²) in [5, 5.41) is 17.3. The molecular weight excluding hydrogens is 208 g/mol. The third-order valence-electron chi connectivity index (χ3n) is 3.16. The third-order valence-corrected chi connectivity index (χ3v) is 3.16. The fraction of sp³-hybridized carbons (Fsp3) is 0.727. The number of carboxylic acid groups (broad SMARTS) is 1. The predicted molar refractivity (Wildman–Crippen MR) is 54.2 cm³/mol. The van der Waals surface area contributed by atoms with E-state index in [9.17, 15) is 9.59 Å². The predicted octanol–water partition coefficient (Wildman–Crippen LogP) is 0.612. The van der Waals surface area contributed by atoms with E-state index in [1.165, 1.54) is 0 Å². The van der Waals surface area contributed by atoms with Gasteiger partial charge in [-0.15, -0.1) is 0 Å². The fourth-order valence-corrected chi connectivity index (χ4v) is 1.98. The summed E-state index contributed by atoms with van der Waals surface area (Å²) in [6.45, 7) is 0.447. The number of nitrogens with zero attached hydrogens (tertiary/aromatic N) is 2. The summed E-state index contributed by atoms with van der Waals surface area (Å²) in [7, 11) is 0. The number of amides is 1. The van der Waals surface area contributed by atoms with Crippen LogP contribution in [0.2, 0.25) is 0 Å². The highest BCUT2D eigenvalue weighted by atomic mass is 16.4. The molecule has 86 valence electrons. The molecule has 2 atom stereocenters. The van der Waals surface area contributed by atoms with Crippen LogP contribution in [0, 0.1) is 23.2 Å². The number of carbonyl (C=O) groups is 2. The lowest BCUT2D eigenvalue weighted by Gasteiger charge is -2.21. The van der Waals surface area contributed by atoms with E-state index in [1.54, 1.807) is 4.90 Å². The zero-order chi connectivity index (χ0) is 11.7. The van der Waals surface area contributed by atoms with Crippen molar-refractivity contribution in [2.75, 3.05) is 6.54 Å². The molecule has 0 aromatic carbocycles. The van der Waals surface area contributed by atoms with Crippen molar-refractivity contribution in [3.05, 3.63) is 0 Å². The average molecular weight is 222 g/mol. The van der Waals surface area contributed by atoms with Gasteiger partial charge in [-0.3, -0.25) is 9.59 Å². The van der Waals surface area contributed by atoms with E-state index in [1.807, 2.05) is 6.07 Å². The Morgan fingerprint density at radius 2 is 2.06 bits per heavy atom. The van der Waals surface area contributed by atoms with Crippen molar-refractivity contribution in [2.24, 2.45) is 11.8 Å². The molecule has 2 aliphatic rings. The molecule has 1 amide bonds. The van der Waals surface area contributed by atoms with Crippen molar-refractivity contribution in [3.8, 4) is 6.07 Å². The lowest BCUT2D eigenvalue weighted by molar-refractivity contribution is -0.142. The van der Waals surface area contributed by atoms with Gasteiger partial charge < -0.3 is 10.0 Å². The van der Waals surface area contributed by atoms with Gasteiger partial charge in [0.05, 0.1) is 24.3 Å². The topological polar surface area (TPSA) is 81.4 Å². The highest BCUT2D eigenvalue weighted by molar-refractivity contribution is 5.89. The van der Waals surface area contributed by atoms with Crippen molar-refractivity contribution in [1.29, 1.82) is 5.26 Å². The summed E-state index contributed by atoms with van der Waals surface area (Å²) >= 11 is 0. The van der Waals surface area contributed by atoms with Gasteiger partial charge in [-0.05, 0) is 19.3 Å². The van der Waals surface area contributed by atoms with Crippen LogP contribution < -0.4 is 0 Å². The summed E-state index contributed by atoms with van der Waals surface area (Å²) < 4.78 is 0. The molecule has 1 N–H and O–H groups in total. The minimum absolute atomic E-state index is 0.0647. The molecule has 0 heterocycles. The quantitative estimate of drug-likeness (QED) is 0.739. The van der Waals surface area contributed by atoms with E-state index in [0.29, 0.717) is 19.4 Å². The van der Waals surface area contributed by atoms with Crippen LogP contribution in [0.5, 0.6) is 0 Å². The van der Waals surface area contributed by atoms with Gasteiger partial charge in [-0.2, -0.15) is 5.26 Å². The number of carbonyl (C=O) groups excluding carboxylic acids is 1. The first kappa shape index (κ1) is 10.9. The van der Waals surface area contributed by atoms with Crippen LogP contribution in [-0.4, -0.2) is 34.5 Å². The number of hydrogen-bond donors (Lipinski definition) is 1. The first-order valence-electron chi connectivity index (χ1n) is 5.55. The van der Waals surface area contributed by atoms with Gasteiger partial charge in [0.15, 0.2) is 0 Å². The number of rotatable bonds is 5. The first-order valence-corrected chi connectivity index (χ1v) is 5.55. The monoisotopic (exact) mass is 222 g/mol. The molecule has 2 unspecified atom stereocenters. The molecule has 0 spiro atoms. The maximum absolute atomic E-state index is 12.0. The minimum atomic E-state index is -0.880. The number of carboxylic acids is 1. The van der Waals surface area contributed by atoms with E-state index < -0.39 is 11.9 Å². The van der Waals surface area contributed by atoms with Gasteiger partial charge in [-0.25, -0.2) is 0 Å². The number of nitriles is 1. The van der Waals surface area contributed by atoms with Crippen LogP contribution in [0.4, 0.5) is 0 Å². The Kier molecular flexibility index (Phi) is 2.82. The van der Waals surface area contributed by atoms with Crippen molar-refractivity contribution in [1.82, 2.24) is 4.90 Å². The van der Waals surface area contributed by atoms with E-state index in [4.69, 9.17) is 10.4 Å². The molecule has 0 radical (unpaired) electrons. The Balaban J connectivity index is 1.91. The Bertz CT molecular complexity index is 357. The largest absolute Gasteiger partial charge is 0.481 e. The van der Waals surface area contributed by atoms with Crippen LogP contribution in [-0.2, 0) is 9.59 Å². The van der Waals surface area contributed by atoms with Crippen LogP contribution in [0.3, 0.4) is 0 Å². The standard InChI is InChI=1S/C11H14N2O3/c12-4-1-5-13(7-2-3-7)10(14)8-6-9(8)11(15)16/h7-9H,1-3,5-6H2,(H,15,16). The van der Waals surface area contributed by atoms with Gasteiger partial charge >= 0.3 is 5.97 Å². The normalized spacial score (nSPS) is 26.9. The smallest absolute Gasteiger partial charge is 0.307 e. The molecule has 16 heavy (non-hydrogen) atoms. The van der Waals surface area contributed by atoms with Crippen LogP contribution in [0.25, 0.3) is 0 Å². The minimum Gasteiger partial charge on any atom is -0.481 e. The molecule has 2 saturated carbocycles. The van der Waals surface area contributed by atoms with Crippen molar-refractivity contribution >= 4 is 11.9 Å². The van der Waals surface area contributed by atoms with Gasteiger partial charge in [-0.1, -0.05) is 0 Å². The summed E-state index contributed by atoms with van der Waals surface area (Å²) in [5.41, 5.74) is 0. The van der Waals surface area contributed by atoms with E-state index in [-0.39, 0.29) is 17.9 Å². The highest BCUT2D eigenvalue weighted by Crippen LogP contribution is 2.42. The average Bonchev–Trinajstić information content (AvgIpc) is 3.10. The van der Waals surface area contributed by atoms with Gasteiger partial charge in [0, 0.05) is 12.6 Å². The molecule has 0 aliphatic heterocycles. The van der Waals surface area contributed by atoms with Crippen molar-refractivity contribution in [2.45, 2.75) is 31.7 Å². The summed E-state index contributed by atoms with van der Waals surface area (Å²) in [6.07, 6.45) is 2.76. The van der Waals surface area contributed by atoms with Crippen LogP contribution >= 0.6 is 0 Å². The second-order valence-corrected chi connectivity index (χ2v) is 4.46. The Labute approximate surface area is 93.6 Å². The molecule has 5 heteroatoms. The Morgan fingerprint density at radius 1 is 1.38 bits per heavy atom. The molecule has 2 rings (SSSR count). The summed E-state index contributed by atoms with van der Waals surface area (Å²) in [6, 6.07) is 2.28. The maximum Gasteiger partial charge on any atom is 0.307 e. The molecular formula is C11H14N2O3. The third kappa shape index (κ3) is 2.16. The highest BCUT2D eigenvalue weighted by Gasteiger charge is 2.51. The van der Waals surface area contributed by atoms with E-state index >= 15 is 0 Å². The molecule has 0 bridgehead atoms. The van der Waals surface area contributed by atoms with Crippen LogP contribution in [0.1, 0.15) is 25.7 Å². The first-order chi connectivity index (χ1) is 7.65. The maximum atomic E-state index is 12.0. The van der Waals surface area contributed by atoms with Gasteiger partial charge in [0.2, 0.25) is 5.91 Å². The zero-order valence-corrected chi connectivity index (χ0v) is 8.93. The molecule has 0 aromatic heterocycles. The molecule has 2 aliphatic carbocycles. The van der Waals surface area contributed by atoms with Crippen molar-refractivity contribution in [3.63, 3.8) is 0 Å². The lowest BCUT2D eigenvalue weighted by Crippen LogP contribution is -2.35. The second kappa shape index (κ2) is 4.12. The number of hydrogen-bond acceptors (Lipinski definition) is 3. The summed E-state index contributed by atoms with van der Waals surface area (Å²) in [5.74, 6) is -1.77. The second-order valence-electron chi connectivity index (χ2n) is 4.46. The van der Waals surface area contributed by atoms with Crippen LogP contribution in [0.15, 0.2) is 0 Å². The molecule has 5 nitrogen and oxygen atoms in total.